The second-order valence-electron chi connectivity index (χ2n) is 17.0. The number of amides is 1. The highest BCUT2D eigenvalue weighted by Gasteiger charge is 2.30. The van der Waals surface area contributed by atoms with E-state index in [1.165, 1.54) is 37.6 Å². The summed E-state index contributed by atoms with van der Waals surface area (Å²) in [4.78, 5) is 36.7. The molecule has 2 aliphatic carbocycles. The van der Waals surface area contributed by atoms with Gasteiger partial charge in [-0.25, -0.2) is 21.3 Å². The number of piperidine rings is 2. The van der Waals surface area contributed by atoms with Crippen molar-refractivity contribution in [2.45, 2.75) is 78.1 Å². The quantitative estimate of drug-likeness (QED) is 0.0179. The smallest absolute Gasteiger partial charge is 0.233 e. The second-order valence-corrected chi connectivity index (χ2v) is 17.6. The SMILES string of the molecule is CC.COCCOc1ccc(-c2ncc(CC3CC3)nc2N2CCC(/C(N)=N/NN)CC2)cc1.COCCOc1ccc(-c2ncc(CC3CC3)nc2N2CCC(C(=O)NSC)CC2)cc1. The van der Waals surface area contributed by atoms with Gasteiger partial charge in [-0.2, -0.15) is 5.10 Å². The lowest BCUT2D eigenvalue weighted by atomic mass is 9.95. The molecule has 6 N–H and O–H groups in total. The summed E-state index contributed by atoms with van der Waals surface area (Å²) in [5.41, 5.74) is 14.3. The fraction of sp³-hybridized carbons (Fsp3) is 0.551. The van der Waals surface area contributed by atoms with Gasteiger partial charge < -0.3 is 39.2 Å². The minimum Gasteiger partial charge on any atom is -0.491 e. The number of carbonyl (C=O) groups excluding carboxylic acids is 1. The lowest BCUT2D eigenvalue weighted by molar-refractivity contribution is -0.123. The number of nitrogens with zero attached hydrogens (tertiary/aromatic N) is 7. The van der Waals surface area contributed by atoms with Crippen LogP contribution < -0.4 is 41.1 Å². The molecule has 0 bridgehead atoms. The highest BCUT2D eigenvalue weighted by molar-refractivity contribution is 7.97. The molecule has 1 amide bonds. The number of carbonyl (C=O) groups is 1. The fourth-order valence-corrected chi connectivity index (χ4v) is 8.47. The lowest BCUT2D eigenvalue weighted by Gasteiger charge is -2.33. The second kappa shape index (κ2) is 26.2. The van der Waals surface area contributed by atoms with E-state index >= 15 is 0 Å². The molecule has 8 rings (SSSR count). The molecule has 4 fully saturated rings. The third kappa shape index (κ3) is 14.9. The Labute approximate surface area is 395 Å². The summed E-state index contributed by atoms with van der Waals surface area (Å²) < 4.78 is 24.4. The summed E-state index contributed by atoms with van der Waals surface area (Å²) in [6, 6.07) is 16.0. The van der Waals surface area contributed by atoms with Gasteiger partial charge in [0.05, 0.1) is 24.6 Å². The maximum atomic E-state index is 12.2. The predicted molar refractivity (Wildman–Crippen MR) is 264 cm³/mol. The van der Waals surface area contributed by atoms with Gasteiger partial charge in [0, 0.05) is 82.0 Å². The van der Waals surface area contributed by atoms with Crippen LogP contribution in [0.2, 0.25) is 0 Å². The van der Waals surface area contributed by atoms with E-state index in [0.29, 0.717) is 32.3 Å². The summed E-state index contributed by atoms with van der Waals surface area (Å²) in [7, 11) is 3.33. The predicted octanol–water partition coefficient (Wildman–Crippen LogP) is 6.83. The number of nitrogens with two attached hydrogens (primary N) is 2. The van der Waals surface area contributed by atoms with Crippen LogP contribution in [0.4, 0.5) is 11.6 Å². The highest BCUT2D eigenvalue weighted by Crippen LogP contribution is 2.37. The molecule has 4 aliphatic rings. The first-order valence-corrected chi connectivity index (χ1v) is 24.9. The topological polar surface area (TPSA) is 200 Å². The number of amidine groups is 1. The number of methoxy groups -OCH3 is 2. The Balaban J connectivity index is 0.000000210. The normalized spacial score (nSPS) is 16.7. The molecule has 4 heterocycles. The van der Waals surface area contributed by atoms with Crippen molar-refractivity contribution in [3.8, 4) is 34.0 Å². The third-order valence-electron chi connectivity index (χ3n) is 12.1. The van der Waals surface area contributed by atoms with Crippen LogP contribution in [0, 0.1) is 23.7 Å². The molecular weight excluding hydrogens is 855 g/mol. The number of hydrazone groups is 1. The van der Waals surface area contributed by atoms with Crippen molar-refractivity contribution in [3.63, 3.8) is 0 Å². The molecule has 0 spiro atoms. The van der Waals surface area contributed by atoms with Crippen molar-refractivity contribution >= 4 is 35.3 Å². The number of ether oxygens (including phenoxy) is 4. The number of hydrogen-bond donors (Lipinski definition) is 4. The first kappa shape index (κ1) is 50.2. The summed E-state index contributed by atoms with van der Waals surface area (Å²) in [6.07, 6.45) is 16.4. The van der Waals surface area contributed by atoms with Gasteiger partial charge in [-0.3, -0.25) is 14.8 Å². The molecule has 16 nitrogen and oxygen atoms in total. The van der Waals surface area contributed by atoms with E-state index < -0.39 is 0 Å². The van der Waals surface area contributed by atoms with Crippen molar-refractivity contribution in [1.29, 1.82) is 0 Å². The number of nitrogens with one attached hydrogen (secondary N) is 2. The van der Waals surface area contributed by atoms with Crippen LogP contribution in [-0.2, 0) is 27.1 Å². The zero-order chi connectivity index (χ0) is 46.7. The van der Waals surface area contributed by atoms with E-state index in [1.807, 2.05) is 81.0 Å². The van der Waals surface area contributed by atoms with Gasteiger partial charge in [-0.15, -0.1) is 0 Å². The van der Waals surface area contributed by atoms with Crippen LogP contribution >= 0.6 is 11.9 Å². The van der Waals surface area contributed by atoms with Crippen LogP contribution in [0.1, 0.15) is 76.6 Å². The Kier molecular flexibility index (Phi) is 19.9. The van der Waals surface area contributed by atoms with Gasteiger partial charge in [0.25, 0.3) is 0 Å². The van der Waals surface area contributed by atoms with E-state index in [0.717, 1.165) is 134 Å². The minimum atomic E-state index is 0.0632. The van der Waals surface area contributed by atoms with Crippen molar-refractivity contribution < 1.29 is 23.7 Å². The number of anilines is 2. The molecule has 2 aromatic heterocycles. The van der Waals surface area contributed by atoms with Gasteiger partial charge in [-0.1, -0.05) is 25.8 Å². The molecule has 66 heavy (non-hydrogen) atoms. The van der Waals surface area contributed by atoms with Crippen molar-refractivity contribution in [2.24, 2.45) is 40.3 Å². The maximum absolute atomic E-state index is 12.2. The van der Waals surface area contributed by atoms with Crippen LogP contribution in [-0.4, -0.2) is 105 Å². The van der Waals surface area contributed by atoms with Crippen LogP contribution in [0.3, 0.4) is 0 Å². The first-order valence-electron chi connectivity index (χ1n) is 23.6. The average molecular weight is 926 g/mol. The molecule has 0 radical (unpaired) electrons. The molecule has 2 saturated carbocycles. The number of hydrogen-bond acceptors (Lipinski definition) is 15. The average Bonchev–Trinajstić information content (AvgIpc) is 4.32. The molecular formula is C49H71N11O5S. The number of rotatable bonds is 20. The summed E-state index contributed by atoms with van der Waals surface area (Å²) in [5.74, 6) is 11.3. The van der Waals surface area contributed by atoms with Gasteiger partial charge in [0.15, 0.2) is 11.6 Å². The van der Waals surface area contributed by atoms with Crippen molar-refractivity contribution in [2.75, 3.05) is 82.9 Å². The molecule has 358 valence electrons. The molecule has 2 aliphatic heterocycles. The monoisotopic (exact) mass is 926 g/mol. The molecule has 17 heteroatoms. The molecule has 0 unspecified atom stereocenters. The van der Waals surface area contributed by atoms with E-state index in [-0.39, 0.29) is 17.7 Å². The summed E-state index contributed by atoms with van der Waals surface area (Å²) in [5, 5.41) is 3.96. The lowest BCUT2D eigenvalue weighted by Crippen LogP contribution is -2.40. The van der Waals surface area contributed by atoms with E-state index in [4.69, 9.17) is 50.5 Å². The minimum absolute atomic E-state index is 0.0632. The zero-order valence-corrected chi connectivity index (χ0v) is 40.4. The highest BCUT2D eigenvalue weighted by atomic mass is 32.2. The zero-order valence-electron chi connectivity index (χ0n) is 39.5. The number of hydrazine groups is 1. The Morgan fingerprint density at radius 2 is 1.11 bits per heavy atom. The largest absolute Gasteiger partial charge is 0.491 e. The Morgan fingerprint density at radius 1 is 0.682 bits per heavy atom. The van der Waals surface area contributed by atoms with Gasteiger partial charge in [-0.05, 0) is 125 Å². The van der Waals surface area contributed by atoms with Crippen molar-refractivity contribution in [3.05, 3.63) is 72.3 Å². The Hall–Kier alpha value is -5.23. The fourth-order valence-electron chi connectivity index (χ4n) is 8.10. The van der Waals surface area contributed by atoms with E-state index in [2.05, 4.69) is 25.2 Å². The molecule has 2 saturated heterocycles. The number of aromatic nitrogens is 4. The van der Waals surface area contributed by atoms with Gasteiger partial charge in [0.2, 0.25) is 5.91 Å². The van der Waals surface area contributed by atoms with Gasteiger partial charge >= 0.3 is 0 Å². The van der Waals surface area contributed by atoms with E-state index in [9.17, 15) is 4.79 Å². The van der Waals surface area contributed by atoms with Gasteiger partial charge in [0.1, 0.15) is 41.9 Å². The maximum Gasteiger partial charge on any atom is 0.233 e. The third-order valence-corrected chi connectivity index (χ3v) is 12.5. The summed E-state index contributed by atoms with van der Waals surface area (Å²) in [6.45, 7) is 9.47. The Bertz CT molecular complexity index is 2110. The first-order chi connectivity index (χ1) is 32.3. The van der Waals surface area contributed by atoms with Crippen LogP contribution in [0.15, 0.2) is 66.0 Å². The number of benzene rings is 2. The van der Waals surface area contributed by atoms with E-state index in [1.54, 1.807) is 14.2 Å². The molecule has 2 aromatic carbocycles. The molecule has 4 aromatic rings. The summed E-state index contributed by atoms with van der Waals surface area (Å²) >= 11 is 1.37. The Morgan fingerprint density at radius 3 is 1.48 bits per heavy atom. The molecule has 0 atom stereocenters. The standard InChI is InChI=1S/C24H32N4O3S.C23H33N7O2.C2H6/c1-30-13-14-31-21-7-5-18(6-8-21)22-23(26-20(16-25-22)15-17-3-4-17)28-11-9-19(10-12-28)24(29)27-32-2;1-31-12-13-32-20-6-4-17(5-7-20)21-23(27-19(15-26-21)14-16-2-3-16)30-10-8-18(9-11-30)22(24)28-29-25;1-2/h5-8,16-17,19H,3-4,9-15H2,1-2H3,(H,27,29);4-7,15-16,18,29H,2-3,8-14,25H2,1H3,(H2,24,28);1-2H3. The van der Waals surface area contributed by atoms with Crippen molar-refractivity contribution in [1.82, 2.24) is 30.2 Å². The van der Waals surface area contributed by atoms with Crippen LogP contribution in [0.5, 0.6) is 11.5 Å². The van der Waals surface area contributed by atoms with Crippen LogP contribution in [0.25, 0.3) is 22.5 Å².